The summed E-state index contributed by atoms with van der Waals surface area (Å²) in [6.45, 7) is 9.38. The summed E-state index contributed by atoms with van der Waals surface area (Å²) in [5, 5.41) is 2.88. The minimum absolute atomic E-state index is 0.0537. The number of carbonyl (C=O) groups is 1. The van der Waals surface area contributed by atoms with Crippen molar-refractivity contribution in [2.75, 3.05) is 0 Å². The van der Waals surface area contributed by atoms with E-state index in [2.05, 4.69) is 15.3 Å². The van der Waals surface area contributed by atoms with Gasteiger partial charge in [-0.3, -0.25) is 4.79 Å². The summed E-state index contributed by atoms with van der Waals surface area (Å²) >= 11 is 5.70. The van der Waals surface area contributed by atoms with Gasteiger partial charge in [0.1, 0.15) is 5.56 Å². The van der Waals surface area contributed by atoms with Gasteiger partial charge in [-0.1, -0.05) is 0 Å². The van der Waals surface area contributed by atoms with Crippen molar-refractivity contribution in [3.8, 4) is 5.88 Å². The lowest BCUT2D eigenvalue weighted by atomic mass is 10.1. The van der Waals surface area contributed by atoms with Crippen molar-refractivity contribution in [2.24, 2.45) is 0 Å². The summed E-state index contributed by atoms with van der Waals surface area (Å²) in [4.78, 5) is 19.8. The van der Waals surface area contributed by atoms with Gasteiger partial charge in [0.2, 0.25) is 11.2 Å². The van der Waals surface area contributed by atoms with E-state index in [0.29, 0.717) is 0 Å². The van der Waals surface area contributed by atoms with E-state index in [1.54, 1.807) is 0 Å². The molecule has 1 aromatic rings. The summed E-state index contributed by atoms with van der Waals surface area (Å²) in [6, 6.07) is 0. The Morgan fingerprint density at radius 3 is 2.56 bits per heavy atom. The molecule has 0 spiro atoms. The van der Waals surface area contributed by atoms with Crippen molar-refractivity contribution in [1.29, 1.82) is 0 Å². The summed E-state index contributed by atoms with van der Waals surface area (Å²) in [5.41, 5.74) is -0.0609. The van der Waals surface area contributed by atoms with Crippen LogP contribution in [0.5, 0.6) is 5.88 Å². The second-order valence-corrected chi connectivity index (χ2v) is 5.57. The van der Waals surface area contributed by atoms with Crippen molar-refractivity contribution < 1.29 is 9.53 Å². The normalized spacial score (nSPS) is 11.5. The molecule has 0 aliphatic carbocycles. The van der Waals surface area contributed by atoms with Crippen LogP contribution in [0.15, 0.2) is 6.20 Å². The van der Waals surface area contributed by atoms with E-state index in [1.165, 1.54) is 6.20 Å². The van der Waals surface area contributed by atoms with Gasteiger partial charge in [0, 0.05) is 11.7 Å². The molecule has 1 N–H and O–H groups in total. The highest BCUT2D eigenvalue weighted by molar-refractivity contribution is 6.28. The molecule has 0 aliphatic heterocycles. The molecule has 0 saturated carbocycles. The topological polar surface area (TPSA) is 64.1 Å². The third-order valence-electron chi connectivity index (χ3n) is 1.80. The zero-order chi connectivity index (χ0) is 13.9. The highest BCUT2D eigenvalue weighted by Crippen LogP contribution is 2.19. The number of halogens is 1. The maximum atomic E-state index is 12.1. The Hall–Kier alpha value is -1.36. The van der Waals surface area contributed by atoms with Crippen LogP contribution in [-0.2, 0) is 0 Å². The fourth-order valence-corrected chi connectivity index (χ4v) is 1.35. The second kappa shape index (κ2) is 5.52. The van der Waals surface area contributed by atoms with Crippen LogP contribution in [0.25, 0.3) is 0 Å². The lowest BCUT2D eigenvalue weighted by Gasteiger charge is -2.21. The monoisotopic (exact) mass is 271 g/mol. The Bertz CT molecular complexity index is 441. The fourth-order valence-electron chi connectivity index (χ4n) is 1.22. The molecular weight excluding hydrogens is 254 g/mol. The van der Waals surface area contributed by atoms with Gasteiger partial charge in [0.05, 0.1) is 6.10 Å². The molecular formula is C12H18ClN3O2. The molecule has 6 heteroatoms. The van der Waals surface area contributed by atoms with Gasteiger partial charge >= 0.3 is 0 Å². The zero-order valence-electron chi connectivity index (χ0n) is 11.2. The molecule has 0 radical (unpaired) electrons. The number of aromatic nitrogens is 2. The highest BCUT2D eigenvalue weighted by Gasteiger charge is 2.21. The van der Waals surface area contributed by atoms with Crippen molar-refractivity contribution in [1.82, 2.24) is 15.3 Å². The molecule has 0 aromatic carbocycles. The SMILES string of the molecule is CC(C)Oc1nc(Cl)ncc1C(=O)NC(C)(C)C. The first-order chi connectivity index (χ1) is 8.19. The largest absolute Gasteiger partial charge is 0.474 e. The number of hydrogen-bond acceptors (Lipinski definition) is 4. The van der Waals surface area contributed by atoms with E-state index < -0.39 is 0 Å². The van der Waals surface area contributed by atoms with Crippen LogP contribution in [0.4, 0.5) is 0 Å². The molecule has 0 fully saturated rings. The first-order valence-electron chi connectivity index (χ1n) is 5.71. The summed E-state index contributed by atoms with van der Waals surface area (Å²) in [6.07, 6.45) is 1.27. The van der Waals surface area contributed by atoms with Crippen molar-refractivity contribution >= 4 is 17.5 Å². The zero-order valence-corrected chi connectivity index (χ0v) is 12.0. The number of nitrogens with one attached hydrogen (secondary N) is 1. The van der Waals surface area contributed by atoms with Crippen molar-refractivity contribution in [3.05, 3.63) is 17.0 Å². The van der Waals surface area contributed by atoms with Gasteiger partial charge in [-0.25, -0.2) is 4.98 Å². The molecule has 0 unspecified atom stereocenters. The van der Waals surface area contributed by atoms with Crippen LogP contribution >= 0.6 is 11.6 Å². The predicted octanol–water partition coefficient (Wildman–Crippen LogP) is 2.45. The van der Waals surface area contributed by atoms with Crippen LogP contribution in [0.2, 0.25) is 5.28 Å². The maximum absolute atomic E-state index is 12.1. The number of ether oxygens (including phenoxy) is 1. The summed E-state index contributed by atoms with van der Waals surface area (Å²) < 4.78 is 5.47. The van der Waals surface area contributed by atoms with Crippen LogP contribution in [0, 0.1) is 0 Å². The van der Waals surface area contributed by atoms with E-state index in [4.69, 9.17) is 16.3 Å². The third-order valence-corrected chi connectivity index (χ3v) is 1.99. The van der Waals surface area contributed by atoms with Crippen molar-refractivity contribution in [3.63, 3.8) is 0 Å². The van der Waals surface area contributed by atoms with E-state index >= 15 is 0 Å². The minimum Gasteiger partial charge on any atom is -0.474 e. The van der Waals surface area contributed by atoms with Crippen molar-refractivity contribution in [2.45, 2.75) is 46.3 Å². The third kappa shape index (κ3) is 4.49. The van der Waals surface area contributed by atoms with Gasteiger partial charge in [-0.2, -0.15) is 4.98 Å². The summed E-state index contributed by atoms with van der Waals surface area (Å²) in [7, 11) is 0. The highest BCUT2D eigenvalue weighted by atomic mass is 35.5. The molecule has 1 rings (SSSR count). The minimum atomic E-state index is -0.341. The maximum Gasteiger partial charge on any atom is 0.258 e. The van der Waals surface area contributed by atoms with E-state index in [-0.39, 0.29) is 34.3 Å². The molecule has 0 atom stereocenters. The molecule has 1 heterocycles. The Kier molecular flexibility index (Phi) is 4.51. The fraction of sp³-hybridized carbons (Fsp3) is 0.583. The van der Waals surface area contributed by atoms with Gasteiger partial charge in [-0.15, -0.1) is 0 Å². The number of rotatable bonds is 3. The van der Waals surface area contributed by atoms with Crippen LogP contribution in [0.1, 0.15) is 45.0 Å². The Balaban J connectivity index is 3.03. The van der Waals surface area contributed by atoms with E-state index in [1.807, 2.05) is 34.6 Å². The first-order valence-corrected chi connectivity index (χ1v) is 6.08. The average Bonchev–Trinajstić information content (AvgIpc) is 2.13. The van der Waals surface area contributed by atoms with Gasteiger partial charge in [0.15, 0.2) is 0 Å². The van der Waals surface area contributed by atoms with Crippen LogP contribution < -0.4 is 10.1 Å². The lowest BCUT2D eigenvalue weighted by Crippen LogP contribution is -2.40. The van der Waals surface area contributed by atoms with Gasteiger partial charge < -0.3 is 10.1 Å². The first kappa shape index (κ1) is 14.7. The molecule has 0 bridgehead atoms. The molecule has 0 saturated heterocycles. The van der Waals surface area contributed by atoms with Gasteiger partial charge in [-0.05, 0) is 46.2 Å². The van der Waals surface area contributed by atoms with Gasteiger partial charge in [0.25, 0.3) is 5.91 Å². The smallest absolute Gasteiger partial charge is 0.258 e. The molecule has 1 aromatic heterocycles. The number of nitrogens with zero attached hydrogens (tertiary/aromatic N) is 2. The molecule has 18 heavy (non-hydrogen) atoms. The number of carbonyl (C=O) groups excluding carboxylic acids is 1. The quantitative estimate of drug-likeness (QED) is 0.858. The number of amides is 1. The molecule has 5 nitrogen and oxygen atoms in total. The Labute approximate surface area is 112 Å². The van der Waals surface area contributed by atoms with Crippen LogP contribution in [-0.4, -0.2) is 27.5 Å². The lowest BCUT2D eigenvalue weighted by molar-refractivity contribution is 0.0912. The predicted molar refractivity (Wildman–Crippen MR) is 70.0 cm³/mol. The van der Waals surface area contributed by atoms with Crippen LogP contribution in [0.3, 0.4) is 0 Å². The Morgan fingerprint density at radius 2 is 2.06 bits per heavy atom. The van der Waals surface area contributed by atoms with E-state index in [9.17, 15) is 4.79 Å². The molecule has 1 amide bonds. The second-order valence-electron chi connectivity index (χ2n) is 5.23. The molecule has 0 aliphatic rings. The molecule has 100 valence electrons. The standard InChI is InChI=1S/C12H18ClN3O2/c1-7(2)18-10-8(6-14-11(13)15-10)9(17)16-12(3,4)5/h6-7H,1-5H3,(H,16,17). The number of hydrogen-bond donors (Lipinski definition) is 1. The average molecular weight is 272 g/mol. The Morgan fingerprint density at radius 1 is 1.44 bits per heavy atom. The summed E-state index contributed by atoms with van der Waals surface area (Å²) in [5.74, 6) is -0.0819. The van der Waals surface area contributed by atoms with E-state index in [0.717, 1.165) is 0 Å².